The van der Waals surface area contributed by atoms with Crippen LogP contribution in [0.3, 0.4) is 0 Å². The Morgan fingerprint density at radius 3 is 2.48 bits per heavy atom. The van der Waals surface area contributed by atoms with E-state index in [1.807, 2.05) is 36.4 Å². The summed E-state index contributed by atoms with van der Waals surface area (Å²) < 4.78 is 5.68. The Kier molecular flexibility index (Phi) is 7.96. The number of likely N-dealkylation sites (N-methyl/N-ethyl adjacent to an activating group) is 1. The number of esters is 1. The van der Waals surface area contributed by atoms with Crippen molar-refractivity contribution in [2.24, 2.45) is 0 Å². The normalized spacial score (nSPS) is 14.0. The molecule has 4 nitrogen and oxygen atoms in total. The molecule has 0 bridgehead atoms. The zero-order valence-corrected chi connectivity index (χ0v) is 17.1. The van der Waals surface area contributed by atoms with Gasteiger partial charge in [-0.2, -0.15) is 0 Å². The minimum Gasteiger partial charge on any atom is -0.426 e. The number of carbonyl (C=O) groups excluding carboxylic acids is 1. The average molecular weight is 409 g/mol. The molecule has 27 heavy (non-hydrogen) atoms. The SMILES string of the molecule is CN1CCc2c(Cl)ccc(OC(=O)CCCc3ccc(N)cc3)c2CC1.Cl. The first-order chi connectivity index (χ1) is 12.5. The van der Waals surface area contributed by atoms with Crippen molar-refractivity contribution < 1.29 is 9.53 Å². The van der Waals surface area contributed by atoms with Crippen molar-refractivity contribution in [2.75, 3.05) is 25.9 Å². The number of benzene rings is 2. The summed E-state index contributed by atoms with van der Waals surface area (Å²) in [6.07, 6.45) is 3.70. The van der Waals surface area contributed by atoms with Crippen molar-refractivity contribution in [1.29, 1.82) is 0 Å². The van der Waals surface area contributed by atoms with Gasteiger partial charge in [0.25, 0.3) is 0 Å². The predicted molar refractivity (Wildman–Crippen MR) is 113 cm³/mol. The van der Waals surface area contributed by atoms with Crippen LogP contribution in [0.5, 0.6) is 5.75 Å². The van der Waals surface area contributed by atoms with Gasteiger partial charge in [0.15, 0.2) is 0 Å². The van der Waals surface area contributed by atoms with Gasteiger partial charge >= 0.3 is 5.97 Å². The maximum absolute atomic E-state index is 12.3. The summed E-state index contributed by atoms with van der Waals surface area (Å²) in [5, 5.41) is 0.762. The van der Waals surface area contributed by atoms with E-state index in [9.17, 15) is 4.79 Å². The van der Waals surface area contributed by atoms with E-state index in [0.29, 0.717) is 12.2 Å². The number of fused-ring (bicyclic) bond motifs is 1. The van der Waals surface area contributed by atoms with Crippen molar-refractivity contribution in [3.8, 4) is 5.75 Å². The first-order valence-electron chi connectivity index (χ1n) is 9.07. The topological polar surface area (TPSA) is 55.6 Å². The molecule has 0 fully saturated rings. The van der Waals surface area contributed by atoms with Crippen LogP contribution in [0.25, 0.3) is 0 Å². The predicted octanol–water partition coefficient (Wildman–Crippen LogP) is 4.30. The Hall–Kier alpha value is -1.75. The van der Waals surface area contributed by atoms with Crippen LogP contribution in [0.4, 0.5) is 5.69 Å². The zero-order chi connectivity index (χ0) is 18.5. The third kappa shape index (κ3) is 5.86. The van der Waals surface area contributed by atoms with Gasteiger partial charge in [-0.15, -0.1) is 12.4 Å². The molecule has 2 aromatic rings. The van der Waals surface area contributed by atoms with Crippen LogP contribution in [-0.2, 0) is 24.1 Å². The minimum atomic E-state index is -0.192. The van der Waals surface area contributed by atoms with Crippen LogP contribution in [0.2, 0.25) is 5.02 Å². The number of carbonyl (C=O) groups is 1. The summed E-state index contributed by atoms with van der Waals surface area (Å²) in [6, 6.07) is 11.4. The summed E-state index contributed by atoms with van der Waals surface area (Å²) in [4.78, 5) is 14.6. The molecule has 0 unspecified atom stereocenters. The number of ether oxygens (including phenoxy) is 1. The van der Waals surface area contributed by atoms with Crippen LogP contribution in [0.15, 0.2) is 36.4 Å². The van der Waals surface area contributed by atoms with Gasteiger partial charge in [-0.05, 0) is 68.1 Å². The summed E-state index contributed by atoms with van der Waals surface area (Å²) in [5.41, 5.74) is 9.81. The van der Waals surface area contributed by atoms with Crippen molar-refractivity contribution in [2.45, 2.75) is 32.1 Å². The Morgan fingerprint density at radius 2 is 1.78 bits per heavy atom. The molecule has 2 aromatic carbocycles. The molecule has 1 heterocycles. The quantitative estimate of drug-likeness (QED) is 0.455. The van der Waals surface area contributed by atoms with Crippen LogP contribution in [0.1, 0.15) is 29.5 Å². The molecular formula is C21H26Cl2N2O2. The highest BCUT2D eigenvalue weighted by atomic mass is 35.5. The molecule has 3 rings (SSSR count). The van der Waals surface area contributed by atoms with Crippen LogP contribution < -0.4 is 10.5 Å². The van der Waals surface area contributed by atoms with Gasteiger partial charge in [-0.1, -0.05) is 23.7 Å². The fraction of sp³-hybridized carbons (Fsp3) is 0.381. The van der Waals surface area contributed by atoms with Gasteiger partial charge in [0.1, 0.15) is 5.75 Å². The second-order valence-corrected chi connectivity index (χ2v) is 7.28. The zero-order valence-electron chi connectivity index (χ0n) is 15.5. The third-order valence-electron chi connectivity index (χ3n) is 4.87. The lowest BCUT2D eigenvalue weighted by molar-refractivity contribution is -0.134. The fourth-order valence-electron chi connectivity index (χ4n) is 3.29. The maximum Gasteiger partial charge on any atom is 0.311 e. The molecule has 2 N–H and O–H groups in total. The van der Waals surface area contributed by atoms with Gasteiger partial charge < -0.3 is 15.4 Å². The summed E-state index contributed by atoms with van der Waals surface area (Å²) in [5.74, 6) is 0.472. The summed E-state index contributed by atoms with van der Waals surface area (Å²) >= 11 is 6.37. The van der Waals surface area contributed by atoms with E-state index >= 15 is 0 Å². The van der Waals surface area contributed by atoms with E-state index in [2.05, 4.69) is 11.9 Å². The van der Waals surface area contributed by atoms with E-state index in [1.165, 1.54) is 5.56 Å². The lowest BCUT2D eigenvalue weighted by atomic mass is 10.0. The molecule has 0 aliphatic carbocycles. The number of aryl methyl sites for hydroxylation is 1. The molecule has 146 valence electrons. The largest absolute Gasteiger partial charge is 0.426 e. The van der Waals surface area contributed by atoms with Gasteiger partial charge in [0.05, 0.1) is 0 Å². The van der Waals surface area contributed by atoms with E-state index < -0.39 is 0 Å². The molecule has 0 saturated carbocycles. The van der Waals surface area contributed by atoms with Crippen molar-refractivity contribution in [3.63, 3.8) is 0 Å². The highest BCUT2D eigenvalue weighted by Gasteiger charge is 2.19. The molecule has 1 aliphatic heterocycles. The number of hydrogen-bond acceptors (Lipinski definition) is 4. The number of hydrogen-bond donors (Lipinski definition) is 1. The van der Waals surface area contributed by atoms with Crippen LogP contribution >= 0.6 is 24.0 Å². The molecular weight excluding hydrogens is 383 g/mol. The van der Waals surface area contributed by atoms with Crippen LogP contribution in [0, 0.1) is 0 Å². The molecule has 0 saturated heterocycles. The number of nitrogen functional groups attached to an aromatic ring is 1. The fourth-order valence-corrected chi connectivity index (χ4v) is 3.57. The number of anilines is 1. The first-order valence-corrected chi connectivity index (χ1v) is 9.44. The molecule has 1 aliphatic rings. The highest BCUT2D eigenvalue weighted by Crippen LogP contribution is 2.32. The maximum atomic E-state index is 12.3. The molecule has 0 radical (unpaired) electrons. The molecule has 0 spiro atoms. The van der Waals surface area contributed by atoms with Crippen molar-refractivity contribution in [1.82, 2.24) is 4.90 Å². The van der Waals surface area contributed by atoms with E-state index in [0.717, 1.165) is 60.6 Å². The Morgan fingerprint density at radius 1 is 1.11 bits per heavy atom. The minimum absolute atomic E-state index is 0. The standard InChI is InChI=1S/C21H25ClN2O2.ClH/c1-24-13-11-17-18(12-14-24)20(10-9-19(17)22)26-21(25)4-2-3-15-5-7-16(23)8-6-15;/h5-10H,2-4,11-14,23H2,1H3;1H. The Bertz CT molecular complexity index is 778. The Labute approximate surface area is 172 Å². The van der Waals surface area contributed by atoms with Gasteiger partial charge in [-0.25, -0.2) is 0 Å². The van der Waals surface area contributed by atoms with Crippen molar-refractivity contribution in [3.05, 3.63) is 58.1 Å². The van der Waals surface area contributed by atoms with E-state index in [1.54, 1.807) is 0 Å². The van der Waals surface area contributed by atoms with Crippen molar-refractivity contribution >= 4 is 35.7 Å². The Balaban J connectivity index is 0.00000261. The summed E-state index contributed by atoms with van der Waals surface area (Å²) in [7, 11) is 2.10. The number of nitrogens with zero attached hydrogens (tertiary/aromatic N) is 1. The molecule has 6 heteroatoms. The summed E-state index contributed by atoms with van der Waals surface area (Å²) in [6.45, 7) is 1.90. The van der Waals surface area contributed by atoms with Gasteiger partial charge in [-0.3, -0.25) is 4.79 Å². The third-order valence-corrected chi connectivity index (χ3v) is 5.22. The smallest absolute Gasteiger partial charge is 0.311 e. The first kappa shape index (κ1) is 21.5. The average Bonchev–Trinajstić information content (AvgIpc) is 2.82. The molecule has 0 atom stereocenters. The number of nitrogens with two attached hydrogens (primary N) is 1. The second kappa shape index (κ2) is 9.98. The monoisotopic (exact) mass is 408 g/mol. The molecule has 0 aromatic heterocycles. The van der Waals surface area contributed by atoms with E-state index in [-0.39, 0.29) is 18.4 Å². The van der Waals surface area contributed by atoms with Gasteiger partial charge in [0, 0.05) is 35.8 Å². The molecule has 0 amide bonds. The second-order valence-electron chi connectivity index (χ2n) is 6.88. The lowest BCUT2D eigenvalue weighted by Crippen LogP contribution is -2.20. The van der Waals surface area contributed by atoms with E-state index in [4.69, 9.17) is 22.1 Å². The number of rotatable bonds is 5. The number of halogens is 2. The van der Waals surface area contributed by atoms with Crippen LogP contribution in [-0.4, -0.2) is 31.0 Å². The highest BCUT2D eigenvalue weighted by molar-refractivity contribution is 6.31. The van der Waals surface area contributed by atoms with Gasteiger partial charge in [0.2, 0.25) is 0 Å². The lowest BCUT2D eigenvalue weighted by Gasteiger charge is -2.14.